The van der Waals surface area contributed by atoms with Crippen LogP contribution in [0.5, 0.6) is 11.5 Å². The molecule has 1 saturated heterocycles. The maximum atomic E-state index is 12.7. The minimum absolute atomic E-state index is 0.0235. The molecule has 2 atom stereocenters. The average molecular weight is 428 g/mol. The lowest BCUT2D eigenvalue weighted by Crippen LogP contribution is -2.49. The zero-order valence-corrected chi connectivity index (χ0v) is 18.4. The summed E-state index contributed by atoms with van der Waals surface area (Å²) in [6.07, 6.45) is 6.14. The maximum absolute atomic E-state index is 12.7. The number of carbonyl (C=O) groups excluding carboxylic acids is 2. The second kappa shape index (κ2) is 10.1. The van der Waals surface area contributed by atoms with E-state index in [-0.39, 0.29) is 30.5 Å². The molecule has 0 unspecified atom stereocenters. The van der Waals surface area contributed by atoms with Crippen LogP contribution in [0, 0.1) is 6.92 Å². The van der Waals surface area contributed by atoms with Gasteiger partial charge in [0.15, 0.2) is 18.1 Å². The molecular formula is C23H29N3O5. The highest BCUT2D eigenvalue weighted by Gasteiger charge is 2.29. The molecule has 0 radical (unpaired) electrons. The molecule has 1 aliphatic heterocycles. The predicted molar refractivity (Wildman–Crippen MR) is 117 cm³/mol. The fourth-order valence-electron chi connectivity index (χ4n) is 3.86. The molecular weight excluding hydrogens is 398 g/mol. The van der Waals surface area contributed by atoms with Crippen molar-refractivity contribution in [2.45, 2.75) is 52.1 Å². The number of hydrazone groups is 1. The number of benzene rings is 1. The molecule has 1 aromatic carbocycles. The van der Waals surface area contributed by atoms with Crippen molar-refractivity contribution < 1.29 is 23.5 Å². The van der Waals surface area contributed by atoms with Gasteiger partial charge >= 0.3 is 0 Å². The van der Waals surface area contributed by atoms with Crippen LogP contribution < -0.4 is 14.9 Å². The number of furan rings is 1. The summed E-state index contributed by atoms with van der Waals surface area (Å²) in [5.41, 5.74) is 3.60. The van der Waals surface area contributed by atoms with Gasteiger partial charge in [-0.15, -0.1) is 0 Å². The predicted octanol–water partition coefficient (Wildman–Crippen LogP) is 3.53. The number of methoxy groups -OCH3 is 1. The van der Waals surface area contributed by atoms with Crippen LogP contribution in [0.25, 0.3) is 0 Å². The number of rotatable bonds is 7. The van der Waals surface area contributed by atoms with Gasteiger partial charge in [0.2, 0.25) is 0 Å². The minimum Gasteiger partial charge on any atom is -0.493 e. The molecule has 8 heteroatoms. The molecule has 1 N–H and O–H groups in total. The van der Waals surface area contributed by atoms with Gasteiger partial charge in [0.05, 0.1) is 25.2 Å². The van der Waals surface area contributed by atoms with E-state index in [0.717, 1.165) is 19.3 Å². The highest BCUT2D eigenvalue weighted by molar-refractivity contribution is 5.95. The van der Waals surface area contributed by atoms with E-state index in [2.05, 4.69) is 24.4 Å². The Labute approximate surface area is 182 Å². The number of nitrogens with one attached hydrogen (secondary N) is 1. The third kappa shape index (κ3) is 5.45. The van der Waals surface area contributed by atoms with E-state index < -0.39 is 0 Å². The fraction of sp³-hybridized carbons (Fsp3) is 0.435. The minimum atomic E-state index is -0.353. The lowest BCUT2D eigenvalue weighted by molar-refractivity contribution is -0.139. The third-order valence-electron chi connectivity index (χ3n) is 5.50. The average Bonchev–Trinajstić information content (AvgIpc) is 3.18. The quantitative estimate of drug-likeness (QED) is 0.539. The maximum Gasteiger partial charge on any atom is 0.274 e. The van der Waals surface area contributed by atoms with Gasteiger partial charge in [0, 0.05) is 12.1 Å². The summed E-state index contributed by atoms with van der Waals surface area (Å²) in [4.78, 5) is 26.6. The number of carbonyl (C=O) groups is 2. The number of amides is 2. The standard InChI is InChI=1S/C23H29N3O5/c1-15-6-5-7-16(2)26(15)22(27)14-31-20-9-8-18(12-21(20)29-4)13-24-25-23(28)19-10-11-30-17(19)3/h8-13,15-16H,5-7,14H2,1-4H3,(H,25,28)/b24-13-/t15-,16+. The molecule has 2 aromatic rings. The van der Waals surface area contributed by atoms with Crippen molar-refractivity contribution in [3.63, 3.8) is 0 Å². The summed E-state index contributed by atoms with van der Waals surface area (Å²) in [5, 5.41) is 3.97. The van der Waals surface area contributed by atoms with Crippen LogP contribution in [0.4, 0.5) is 0 Å². The molecule has 31 heavy (non-hydrogen) atoms. The zero-order chi connectivity index (χ0) is 22.4. The number of hydrogen-bond acceptors (Lipinski definition) is 6. The molecule has 3 rings (SSSR count). The second-order valence-corrected chi connectivity index (χ2v) is 7.72. The van der Waals surface area contributed by atoms with Gasteiger partial charge in [-0.05, 0) is 69.9 Å². The van der Waals surface area contributed by atoms with E-state index in [9.17, 15) is 9.59 Å². The van der Waals surface area contributed by atoms with Crippen molar-refractivity contribution in [1.29, 1.82) is 0 Å². The molecule has 2 heterocycles. The number of hydrogen-bond donors (Lipinski definition) is 1. The Kier molecular flexibility index (Phi) is 7.33. The van der Waals surface area contributed by atoms with Crippen LogP contribution >= 0.6 is 0 Å². The molecule has 1 aliphatic rings. The van der Waals surface area contributed by atoms with Gasteiger partial charge in [-0.25, -0.2) is 5.43 Å². The Morgan fingerprint density at radius 3 is 2.61 bits per heavy atom. The molecule has 1 fully saturated rings. The van der Waals surface area contributed by atoms with Crippen molar-refractivity contribution in [2.24, 2.45) is 5.10 Å². The Morgan fingerprint density at radius 2 is 1.97 bits per heavy atom. The van der Waals surface area contributed by atoms with E-state index in [1.807, 2.05) is 4.90 Å². The number of ether oxygens (including phenoxy) is 2. The number of nitrogens with zero attached hydrogens (tertiary/aromatic N) is 2. The summed E-state index contributed by atoms with van der Waals surface area (Å²) in [6, 6.07) is 7.25. The first kappa shape index (κ1) is 22.4. The Bertz CT molecular complexity index is 942. The van der Waals surface area contributed by atoms with E-state index in [1.165, 1.54) is 19.6 Å². The fourth-order valence-corrected chi connectivity index (χ4v) is 3.86. The Balaban J connectivity index is 1.60. The monoisotopic (exact) mass is 427 g/mol. The summed E-state index contributed by atoms with van der Waals surface area (Å²) < 4.78 is 16.3. The smallest absolute Gasteiger partial charge is 0.274 e. The first-order valence-corrected chi connectivity index (χ1v) is 10.4. The van der Waals surface area contributed by atoms with Gasteiger partial charge in [0.1, 0.15) is 5.76 Å². The van der Waals surface area contributed by atoms with Crippen molar-refractivity contribution in [3.05, 3.63) is 47.4 Å². The Hall–Kier alpha value is -3.29. The summed E-state index contributed by atoms with van der Waals surface area (Å²) in [7, 11) is 1.53. The first-order chi connectivity index (χ1) is 14.9. The normalized spacial score (nSPS) is 18.8. The lowest BCUT2D eigenvalue weighted by Gasteiger charge is -2.39. The van der Waals surface area contributed by atoms with Gasteiger partial charge in [-0.2, -0.15) is 5.10 Å². The van der Waals surface area contributed by atoms with Crippen molar-refractivity contribution in [1.82, 2.24) is 10.3 Å². The lowest BCUT2D eigenvalue weighted by atomic mass is 9.97. The molecule has 1 aromatic heterocycles. The van der Waals surface area contributed by atoms with E-state index >= 15 is 0 Å². The molecule has 166 valence electrons. The van der Waals surface area contributed by atoms with Crippen LogP contribution in [0.1, 0.15) is 54.8 Å². The molecule has 0 spiro atoms. The van der Waals surface area contributed by atoms with Crippen LogP contribution in [-0.4, -0.2) is 48.7 Å². The van der Waals surface area contributed by atoms with Crippen LogP contribution in [0.2, 0.25) is 0 Å². The summed E-state index contributed by atoms with van der Waals surface area (Å²) in [6.45, 7) is 5.82. The van der Waals surface area contributed by atoms with E-state index in [4.69, 9.17) is 13.9 Å². The summed E-state index contributed by atoms with van der Waals surface area (Å²) >= 11 is 0. The van der Waals surface area contributed by atoms with Gasteiger partial charge in [0.25, 0.3) is 11.8 Å². The van der Waals surface area contributed by atoms with Crippen molar-refractivity contribution in [2.75, 3.05) is 13.7 Å². The Morgan fingerprint density at radius 1 is 1.23 bits per heavy atom. The van der Waals surface area contributed by atoms with Crippen LogP contribution in [-0.2, 0) is 4.79 Å². The number of aryl methyl sites for hydroxylation is 1. The van der Waals surface area contributed by atoms with Crippen LogP contribution in [0.3, 0.4) is 0 Å². The largest absolute Gasteiger partial charge is 0.493 e. The second-order valence-electron chi connectivity index (χ2n) is 7.72. The zero-order valence-electron chi connectivity index (χ0n) is 18.4. The highest BCUT2D eigenvalue weighted by atomic mass is 16.5. The first-order valence-electron chi connectivity index (χ1n) is 10.4. The number of piperidine rings is 1. The topological polar surface area (TPSA) is 93.4 Å². The summed E-state index contributed by atoms with van der Waals surface area (Å²) in [5.74, 6) is 1.11. The molecule has 8 nitrogen and oxygen atoms in total. The van der Waals surface area contributed by atoms with Gasteiger partial charge < -0.3 is 18.8 Å². The molecule has 0 aliphatic carbocycles. The SMILES string of the molecule is COc1cc(/C=N\NC(=O)c2ccoc2C)ccc1OCC(=O)N1[C@H](C)CCC[C@@H]1C. The number of likely N-dealkylation sites (tertiary alicyclic amines) is 1. The molecule has 0 bridgehead atoms. The molecule has 0 saturated carbocycles. The molecule has 2 amide bonds. The van der Waals surface area contributed by atoms with Crippen LogP contribution in [0.15, 0.2) is 40.0 Å². The van der Waals surface area contributed by atoms with Gasteiger partial charge in [-0.1, -0.05) is 0 Å². The van der Waals surface area contributed by atoms with E-state index in [1.54, 1.807) is 31.2 Å². The van der Waals surface area contributed by atoms with E-state index in [0.29, 0.717) is 28.4 Å². The third-order valence-corrected chi connectivity index (χ3v) is 5.50. The highest BCUT2D eigenvalue weighted by Crippen LogP contribution is 2.28. The van der Waals surface area contributed by atoms with Gasteiger partial charge in [-0.3, -0.25) is 9.59 Å². The van der Waals surface area contributed by atoms with Crippen molar-refractivity contribution >= 4 is 18.0 Å². The van der Waals surface area contributed by atoms with Crippen molar-refractivity contribution in [3.8, 4) is 11.5 Å².